The summed E-state index contributed by atoms with van der Waals surface area (Å²) in [4.78, 5) is 28.6. The molecule has 0 aromatic heterocycles. The van der Waals surface area contributed by atoms with Crippen LogP contribution in [0.1, 0.15) is 24.8 Å². The first-order chi connectivity index (χ1) is 14.1. The first-order valence-electron chi connectivity index (χ1n) is 10.3. The van der Waals surface area contributed by atoms with E-state index in [4.69, 9.17) is 5.73 Å². The van der Waals surface area contributed by atoms with E-state index >= 15 is 0 Å². The number of nitrogens with zero attached hydrogens (tertiary/aromatic N) is 2. The second-order valence-electron chi connectivity index (χ2n) is 7.36. The first-order valence-corrected chi connectivity index (χ1v) is 10.3. The summed E-state index contributed by atoms with van der Waals surface area (Å²) in [5.41, 5.74) is 8.82. The molecule has 0 bridgehead atoms. The third-order valence-corrected chi connectivity index (χ3v) is 5.32. The van der Waals surface area contributed by atoms with Gasteiger partial charge in [0.05, 0.1) is 0 Å². The van der Waals surface area contributed by atoms with Crippen molar-refractivity contribution in [3.63, 3.8) is 0 Å². The lowest BCUT2D eigenvalue weighted by atomic mass is 10.1. The molecule has 6 nitrogen and oxygen atoms in total. The van der Waals surface area contributed by atoms with E-state index in [1.54, 1.807) is 0 Å². The molecule has 1 saturated heterocycles. The van der Waals surface area contributed by atoms with E-state index < -0.39 is 0 Å². The van der Waals surface area contributed by atoms with Gasteiger partial charge in [-0.15, -0.1) is 0 Å². The van der Waals surface area contributed by atoms with Gasteiger partial charge in [0, 0.05) is 56.9 Å². The number of anilines is 2. The summed E-state index contributed by atoms with van der Waals surface area (Å²) in [5.74, 6) is 0.168. The predicted octanol–water partition coefficient (Wildman–Crippen LogP) is 2.45. The van der Waals surface area contributed by atoms with Gasteiger partial charge in [-0.3, -0.25) is 9.59 Å². The average Bonchev–Trinajstić information content (AvgIpc) is 2.77. The molecule has 0 aliphatic carbocycles. The Labute approximate surface area is 172 Å². The monoisotopic (exact) mass is 394 g/mol. The number of hydrogen-bond donors (Lipinski definition) is 2. The Hall–Kier alpha value is -3.02. The van der Waals surface area contributed by atoms with Gasteiger partial charge in [0.25, 0.3) is 0 Å². The molecule has 0 radical (unpaired) electrons. The molecule has 154 valence electrons. The van der Waals surface area contributed by atoms with Gasteiger partial charge in [-0.2, -0.15) is 0 Å². The summed E-state index contributed by atoms with van der Waals surface area (Å²) in [6.45, 7) is 3.74. The van der Waals surface area contributed by atoms with E-state index in [1.807, 2.05) is 47.4 Å². The number of benzene rings is 2. The van der Waals surface area contributed by atoms with Crippen molar-refractivity contribution in [1.82, 2.24) is 10.2 Å². The molecule has 29 heavy (non-hydrogen) atoms. The van der Waals surface area contributed by atoms with Crippen LogP contribution in [0.15, 0.2) is 54.6 Å². The van der Waals surface area contributed by atoms with E-state index in [0.717, 1.165) is 37.4 Å². The molecular weight excluding hydrogens is 364 g/mol. The maximum absolute atomic E-state index is 12.4. The number of nitrogens with one attached hydrogen (secondary N) is 1. The third kappa shape index (κ3) is 6.24. The summed E-state index contributed by atoms with van der Waals surface area (Å²) < 4.78 is 0. The largest absolute Gasteiger partial charge is 0.399 e. The zero-order valence-corrected chi connectivity index (χ0v) is 16.8. The van der Waals surface area contributed by atoms with Crippen LogP contribution in [-0.4, -0.2) is 49.4 Å². The van der Waals surface area contributed by atoms with E-state index in [9.17, 15) is 9.59 Å². The lowest BCUT2D eigenvalue weighted by Crippen LogP contribution is -2.48. The number of piperazine rings is 1. The van der Waals surface area contributed by atoms with Crippen LogP contribution in [0, 0.1) is 0 Å². The molecule has 3 rings (SSSR count). The van der Waals surface area contributed by atoms with Crippen LogP contribution in [0.2, 0.25) is 0 Å². The fraction of sp³-hybridized carbons (Fsp3) is 0.391. The van der Waals surface area contributed by atoms with E-state index in [1.165, 1.54) is 5.69 Å². The lowest BCUT2D eigenvalue weighted by molar-refractivity contribution is -0.131. The van der Waals surface area contributed by atoms with Crippen LogP contribution in [0.5, 0.6) is 0 Å². The molecule has 1 aliphatic heterocycles. The summed E-state index contributed by atoms with van der Waals surface area (Å²) >= 11 is 0. The highest BCUT2D eigenvalue weighted by Gasteiger charge is 2.20. The number of hydrogen-bond acceptors (Lipinski definition) is 4. The molecular formula is C23H30N4O2. The van der Waals surface area contributed by atoms with Crippen LogP contribution < -0.4 is 16.0 Å². The Kier molecular flexibility index (Phi) is 7.50. The molecule has 3 N–H and O–H groups in total. The highest BCUT2D eigenvalue weighted by Crippen LogP contribution is 2.16. The molecule has 6 heteroatoms. The Bertz CT molecular complexity index is 802. The lowest BCUT2D eigenvalue weighted by Gasteiger charge is -2.36. The SMILES string of the molecule is Nc1ccccc1CCC(=O)NCCCC(=O)N1CCN(c2ccccc2)CC1. The summed E-state index contributed by atoms with van der Waals surface area (Å²) in [6, 6.07) is 17.9. The zero-order chi connectivity index (χ0) is 20.5. The molecule has 0 saturated carbocycles. The quantitative estimate of drug-likeness (QED) is 0.532. The highest BCUT2D eigenvalue weighted by molar-refractivity contribution is 5.77. The van der Waals surface area contributed by atoms with Crippen LogP contribution in [0.3, 0.4) is 0 Å². The Balaban J connectivity index is 1.29. The molecule has 2 aromatic carbocycles. The molecule has 2 amide bonds. The minimum atomic E-state index is -0.00261. The Morgan fingerprint density at radius 2 is 1.59 bits per heavy atom. The number of carbonyl (C=O) groups is 2. The molecule has 2 aromatic rings. The number of amides is 2. The molecule has 0 unspecified atom stereocenters. The number of para-hydroxylation sites is 2. The van der Waals surface area contributed by atoms with Gasteiger partial charge >= 0.3 is 0 Å². The standard InChI is InChI=1S/C23H30N4O2/c24-21-10-5-4-7-19(21)12-13-22(28)25-14-6-11-23(29)27-17-15-26(16-18-27)20-8-2-1-3-9-20/h1-5,7-10H,6,11-18,24H2,(H,25,28). The van der Waals surface area contributed by atoms with Crippen molar-refractivity contribution in [3.05, 3.63) is 60.2 Å². The highest BCUT2D eigenvalue weighted by atomic mass is 16.2. The van der Waals surface area contributed by atoms with Crippen molar-refractivity contribution in [2.45, 2.75) is 25.7 Å². The van der Waals surface area contributed by atoms with Crippen molar-refractivity contribution >= 4 is 23.2 Å². The third-order valence-electron chi connectivity index (χ3n) is 5.32. The second kappa shape index (κ2) is 10.5. The molecule has 1 aliphatic rings. The maximum Gasteiger partial charge on any atom is 0.222 e. The van der Waals surface area contributed by atoms with Crippen LogP contribution in [0.25, 0.3) is 0 Å². The van der Waals surface area contributed by atoms with Gasteiger partial charge < -0.3 is 20.9 Å². The molecule has 1 heterocycles. The zero-order valence-electron chi connectivity index (χ0n) is 16.8. The van der Waals surface area contributed by atoms with Gasteiger partial charge in [-0.1, -0.05) is 36.4 Å². The topological polar surface area (TPSA) is 78.7 Å². The Morgan fingerprint density at radius 3 is 2.31 bits per heavy atom. The first kappa shape index (κ1) is 20.7. The smallest absolute Gasteiger partial charge is 0.222 e. The molecule has 0 atom stereocenters. The van der Waals surface area contributed by atoms with Crippen LogP contribution in [0.4, 0.5) is 11.4 Å². The molecule has 0 spiro atoms. The number of aryl methyl sites for hydroxylation is 1. The van der Waals surface area contributed by atoms with Gasteiger partial charge in [-0.25, -0.2) is 0 Å². The minimum absolute atomic E-state index is 0.00261. The van der Waals surface area contributed by atoms with Gasteiger partial charge in [0.2, 0.25) is 11.8 Å². The van der Waals surface area contributed by atoms with Crippen molar-refractivity contribution in [3.8, 4) is 0 Å². The van der Waals surface area contributed by atoms with Crippen molar-refractivity contribution in [1.29, 1.82) is 0 Å². The van der Waals surface area contributed by atoms with Crippen LogP contribution in [-0.2, 0) is 16.0 Å². The van der Waals surface area contributed by atoms with Crippen LogP contribution >= 0.6 is 0 Å². The van der Waals surface area contributed by atoms with Gasteiger partial charge in [0.1, 0.15) is 0 Å². The summed E-state index contributed by atoms with van der Waals surface area (Å²) in [6.07, 6.45) is 2.17. The Morgan fingerprint density at radius 1 is 0.897 bits per heavy atom. The number of rotatable bonds is 8. The van der Waals surface area contributed by atoms with Gasteiger partial charge in [-0.05, 0) is 36.6 Å². The predicted molar refractivity (Wildman–Crippen MR) is 117 cm³/mol. The maximum atomic E-state index is 12.4. The summed E-state index contributed by atoms with van der Waals surface area (Å²) in [5, 5.41) is 2.90. The number of nitrogen functional groups attached to an aromatic ring is 1. The van der Waals surface area contributed by atoms with E-state index in [0.29, 0.717) is 32.2 Å². The van der Waals surface area contributed by atoms with E-state index in [2.05, 4.69) is 22.3 Å². The van der Waals surface area contributed by atoms with E-state index in [-0.39, 0.29) is 11.8 Å². The minimum Gasteiger partial charge on any atom is -0.399 e. The second-order valence-corrected chi connectivity index (χ2v) is 7.36. The number of nitrogens with two attached hydrogens (primary N) is 1. The summed E-state index contributed by atoms with van der Waals surface area (Å²) in [7, 11) is 0. The number of carbonyl (C=O) groups excluding carboxylic acids is 2. The average molecular weight is 395 g/mol. The normalized spacial score (nSPS) is 13.9. The van der Waals surface area contributed by atoms with Crippen molar-refractivity contribution < 1.29 is 9.59 Å². The van der Waals surface area contributed by atoms with Crippen molar-refractivity contribution in [2.24, 2.45) is 0 Å². The fourth-order valence-electron chi connectivity index (χ4n) is 3.58. The fourth-order valence-corrected chi connectivity index (χ4v) is 3.58. The van der Waals surface area contributed by atoms with Gasteiger partial charge in [0.15, 0.2) is 0 Å². The van der Waals surface area contributed by atoms with Crippen molar-refractivity contribution in [2.75, 3.05) is 43.4 Å². The molecule has 1 fully saturated rings.